The van der Waals surface area contributed by atoms with Gasteiger partial charge in [-0.3, -0.25) is 4.68 Å². The highest BCUT2D eigenvalue weighted by atomic mass is 32.2. The van der Waals surface area contributed by atoms with Gasteiger partial charge in [0.2, 0.25) is 0 Å². The normalized spacial score (nSPS) is 14.1. The van der Waals surface area contributed by atoms with Gasteiger partial charge in [0, 0.05) is 25.1 Å². The first-order valence-electron chi connectivity index (χ1n) is 4.52. The summed E-state index contributed by atoms with van der Waals surface area (Å²) in [5, 5.41) is 12.5. The third-order valence-corrected chi connectivity index (χ3v) is 3.03. The minimum absolute atomic E-state index is 0.0152. The fraction of sp³-hybridized carbons (Fsp3) is 0.625. The highest BCUT2D eigenvalue weighted by molar-refractivity contribution is 7.90. The Kier molecular flexibility index (Phi) is 3.83. The largest absolute Gasteiger partial charge is 0.396 e. The summed E-state index contributed by atoms with van der Waals surface area (Å²) in [6.45, 7) is 0.414. The first kappa shape index (κ1) is 12.2. The van der Waals surface area contributed by atoms with Crippen LogP contribution in [0.1, 0.15) is 6.42 Å². The molecular weight excluding hydrogens is 218 g/mol. The summed E-state index contributed by atoms with van der Waals surface area (Å²) >= 11 is 0. The summed E-state index contributed by atoms with van der Waals surface area (Å²) in [4.78, 5) is 0.179. The Morgan fingerprint density at radius 1 is 1.67 bits per heavy atom. The summed E-state index contributed by atoms with van der Waals surface area (Å²) in [7, 11) is -3.20. The molecule has 0 amide bonds. The third kappa shape index (κ3) is 3.61. The second-order valence-corrected chi connectivity index (χ2v) is 5.46. The van der Waals surface area contributed by atoms with Crippen molar-refractivity contribution < 1.29 is 13.5 Å². The number of aromatic nitrogens is 2. The van der Waals surface area contributed by atoms with Crippen molar-refractivity contribution in [1.82, 2.24) is 9.78 Å². The Hall–Kier alpha value is -0.920. The molecule has 1 rings (SSSR count). The van der Waals surface area contributed by atoms with Gasteiger partial charge >= 0.3 is 0 Å². The summed E-state index contributed by atoms with van der Waals surface area (Å²) < 4.78 is 23.7. The number of rotatable bonds is 5. The summed E-state index contributed by atoms with van der Waals surface area (Å²) in [6, 6.07) is -0.220. The van der Waals surface area contributed by atoms with Crippen LogP contribution in [0.4, 0.5) is 0 Å². The Bertz CT molecular complexity index is 413. The molecular formula is C8H15N3O3S. The standard InChI is InChI=1S/C8H15N3O3S/c1-15(13,14)8-4-10-11(6-8)5-7(9)2-3-12/h4,6-7,12H,2-3,5,9H2,1H3. The fourth-order valence-corrected chi connectivity index (χ4v) is 1.69. The Balaban J connectivity index is 2.69. The molecule has 0 bridgehead atoms. The predicted octanol–water partition coefficient (Wildman–Crippen LogP) is -1.00. The lowest BCUT2D eigenvalue weighted by atomic mass is 10.2. The Labute approximate surface area is 88.6 Å². The summed E-state index contributed by atoms with van der Waals surface area (Å²) in [5.74, 6) is 0. The van der Waals surface area contributed by atoms with Gasteiger partial charge in [-0.15, -0.1) is 0 Å². The molecule has 0 spiro atoms. The van der Waals surface area contributed by atoms with Crippen molar-refractivity contribution in [1.29, 1.82) is 0 Å². The van der Waals surface area contributed by atoms with Crippen LogP contribution in [-0.2, 0) is 16.4 Å². The highest BCUT2D eigenvalue weighted by Crippen LogP contribution is 2.06. The zero-order chi connectivity index (χ0) is 11.5. The van der Waals surface area contributed by atoms with Crippen molar-refractivity contribution in [2.45, 2.75) is 23.9 Å². The maximum atomic E-state index is 11.1. The molecule has 0 aliphatic heterocycles. The van der Waals surface area contributed by atoms with Gasteiger partial charge in [-0.2, -0.15) is 5.10 Å². The summed E-state index contributed by atoms with van der Waals surface area (Å²) in [5.41, 5.74) is 5.66. The van der Waals surface area contributed by atoms with Crippen LogP contribution in [0.3, 0.4) is 0 Å². The molecule has 7 heteroatoms. The average molecular weight is 233 g/mol. The van der Waals surface area contributed by atoms with E-state index in [4.69, 9.17) is 10.8 Å². The molecule has 1 aromatic rings. The SMILES string of the molecule is CS(=O)(=O)c1cnn(CC(N)CCO)c1. The van der Waals surface area contributed by atoms with Crippen LogP contribution in [0.2, 0.25) is 0 Å². The zero-order valence-electron chi connectivity index (χ0n) is 8.50. The second-order valence-electron chi connectivity index (χ2n) is 3.44. The van der Waals surface area contributed by atoms with Crippen LogP contribution in [0.15, 0.2) is 17.3 Å². The number of aliphatic hydroxyl groups is 1. The Morgan fingerprint density at radius 3 is 2.80 bits per heavy atom. The number of hydrogen-bond donors (Lipinski definition) is 2. The quantitative estimate of drug-likeness (QED) is 0.679. The Morgan fingerprint density at radius 2 is 2.33 bits per heavy atom. The molecule has 0 saturated heterocycles. The van der Waals surface area contributed by atoms with E-state index in [1.807, 2.05) is 0 Å². The van der Waals surface area contributed by atoms with Crippen molar-refractivity contribution >= 4 is 9.84 Å². The van der Waals surface area contributed by atoms with Gasteiger partial charge < -0.3 is 10.8 Å². The first-order chi connectivity index (χ1) is 6.93. The number of nitrogens with zero attached hydrogens (tertiary/aromatic N) is 2. The average Bonchev–Trinajstić information content (AvgIpc) is 2.52. The highest BCUT2D eigenvalue weighted by Gasteiger charge is 2.11. The maximum absolute atomic E-state index is 11.1. The number of sulfone groups is 1. The van der Waals surface area contributed by atoms with Crippen molar-refractivity contribution in [3.63, 3.8) is 0 Å². The van der Waals surface area contributed by atoms with Gasteiger partial charge in [-0.05, 0) is 6.42 Å². The van der Waals surface area contributed by atoms with Gasteiger partial charge in [0.1, 0.15) is 4.90 Å². The van der Waals surface area contributed by atoms with Crippen LogP contribution in [0.25, 0.3) is 0 Å². The van der Waals surface area contributed by atoms with Gasteiger partial charge in [0.15, 0.2) is 9.84 Å². The molecule has 1 atom stereocenters. The van der Waals surface area contributed by atoms with Gasteiger partial charge in [-0.1, -0.05) is 0 Å². The molecule has 0 aromatic carbocycles. The number of nitrogens with two attached hydrogens (primary N) is 1. The van der Waals surface area contributed by atoms with Crippen molar-refractivity contribution in [3.8, 4) is 0 Å². The molecule has 6 nitrogen and oxygen atoms in total. The molecule has 15 heavy (non-hydrogen) atoms. The molecule has 3 N–H and O–H groups in total. The smallest absolute Gasteiger partial charge is 0.178 e. The van der Waals surface area contributed by atoms with E-state index in [2.05, 4.69) is 5.10 Å². The molecule has 0 saturated carbocycles. The van der Waals surface area contributed by atoms with Gasteiger partial charge in [0.25, 0.3) is 0 Å². The van der Waals surface area contributed by atoms with Gasteiger partial charge in [0.05, 0.1) is 12.7 Å². The first-order valence-corrected chi connectivity index (χ1v) is 6.41. The third-order valence-electron chi connectivity index (χ3n) is 1.96. The molecule has 1 heterocycles. The van der Waals surface area contributed by atoms with Crippen LogP contribution in [-0.4, -0.2) is 42.2 Å². The monoisotopic (exact) mass is 233 g/mol. The molecule has 86 valence electrons. The lowest BCUT2D eigenvalue weighted by Gasteiger charge is -2.08. The van der Waals surface area contributed by atoms with E-state index in [0.717, 1.165) is 6.26 Å². The minimum atomic E-state index is -3.20. The van der Waals surface area contributed by atoms with E-state index in [-0.39, 0.29) is 17.5 Å². The molecule has 0 aliphatic rings. The second kappa shape index (κ2) is 4.73. The van der Waals surface area contributed by atoms with Crippen molar-refractivity contribution in [3.05, 3.63) is 12.4 Å². The maximum Gasteiger partial charge on any atom is 0.178 e. The van der Waals surface area contributed by atoms with E-state index >= 15 is 0 Å². The molecule has 1 unspecified atom stereocenters. The van der Waals surface area contributed by atoms with E-state index in [0.29, 0.717) is 13.0 Å². The lowest BCUT2D eigenvalue weighted by Crippen LogP contribution is -2.27. The fourth-order valence-electron chi connectivity index (χ4n) is 1.13. The van der Waals surface area contributed by atoms with Crippen molar-refractivity contribution in [2.75, 3.05) is 12.9 Å². The van der Waals surface area contributed by atoms with Crippen LogP contribution < -0.4 is 5.73 Å². The lowest BCUT2D eigenvalue weighted by molar-refractivity contribution is 0.268. The molecule has 1 aromatic heterocycles. The van der Waals surface area contributed by atoms with Crippen molar-refractivity contribution in [2.24, 2.45) is 5.73 Å². The van der Waals surface area contributed by atoms with E-state index in [9.17, 15) is 8.42 Å². The van der Waals surface area contributed by atoms with Crippen LogP contribution in [0, 0.1) is 0 Å². The van der Waals surface area contributed by atoms with E-state index in [1.165, 1.54) is 17.1 Å². The molecule has 0 aliphatic carbocycles. The van der Waals surface area contributed by atoms with Gasteiger partial charge in [-0.25, -0.2) is 8.42 Å². The van der Waals surface area contributed by atoms with E-state index in [1.54, 1.807) is 0 Å². The molecule has 0 fully saturated rings. The van der Waals surface area contributed by atoms with Crippen LogP contribution >= 0.6 is 0 Å². The predicted molar refractivity (Wildman–Crippen MR) is 55.0 cm³/mol. The topological polar surface area (TPSA) is 98.2 Å². The number of aliphatic hydroxyl groups excluding tert-OH is 1. The van der Waals surface area contributed by atoms with Crippen LogP contribution in [0.5, 0.6) is 0 Å². The number of hydrogen-bond acceptors (Lipinski definition) is 5. The zero-order valence-corrected chi connectivity index (χ0v) is 9.31. The summed E-state index contributed by atoms with van der Waals surface area (Å²) in [6.07, 6.45) is 4.32. The van der Waals surface area contributed by atoms with E-state index < -0.39 is 9.84 Å². The molecule has 0 radical (unpaired) electrons. The minimum Gasteiger partial charge on any atom is -0.396 e.